The number of anilines is 1. The third kappa shape index (κ3) is 3.47. The highest BCUT2D eigenvalue weighted by Crippen LogP contribution is 2.28. The van der Waals surface area contributed by atoms with Crippen molar-refractivity contribution < 1.29 is 17.6 Å². The third-order valence-corrected chi connectivity index (χ3v) is 7.94. The number of amides is 1. The topological polar surface area (TPSA) is 92.8 Å². The van der Waals surface area contributed by atoms with Crippen molar-refractivity contribution in [1.82, 2.24) is 8.87 Å². The average Bonchev–Trinajstić information content (AvgIpc) is 3.42. The molecule has 5 rings (SSSR count). The maximum absolute atomic E-state index is 13.0. The van der Waals surface area contributed by atoms with Crippen LogP contribution in [0.3, 0.4) is 0 Å². The molecular formula is C22H23N3O5S. The fourth-order valence-electron chi connectivity index (χ4n) is 4.45. The number of hydrogen-bond donors (Lipinski definition) is 0. The summed E-state index contributed by atoms with van der Waals surface area (Å²) in [4.78, 5) is 27.3. The van der Waals surface area contributed by atoms with Crippen molar-refractivity contribution in [2.24, 2.45) is 0 Å². The first-order valence-electron chi connectivity index (χ1n) is 10.5. The second-order valence-corrected chi connectivity index (χ2v) is 9.91. The van der Waals surface area contributed by atoms with E-state index in [1.54, 1.807) is 11.0 Å². The maximum atomic E-state index is 13.0. The molecule has 9 heteroatoms. The molecule has 8 nitrogen and oxygen atoms in total. The Bertz CT molecular complexity index is 1320. The molecule has 31 heavy (non-hydrogen) atoms. The van der Waals surface area contributed by atoms with E-state index in [4.69, 9.17) is 4.42 Å². The van der Waals surface area contributed by atoms with E-state index < -0.39 is 15.8 Å². The standard InChI is InChI=1S/C22H23N3O5S/c26-21(24-13-5-7-16-6-1-2-8-18(16)24)15-25-19-10-9-17(14-20(19)30-22(25)27)31(28,29)23-11-3-4-12-23/h1-2,6,8-10,14H,3-5,7,11-13,15H2. The fourth-order valence-corrected chi connectivity index (χ4v) is 5.98. The molecule has 1 fully saturated rings. The van der Waals surface area contributed by atoms with E-state index in [0.717, 1.165) is 36.9 Å². The summed E-state index contributed by atoms with van der Waals surface area (Å²) >= 11 is 0. The zero-order chi connectivity index (χ0) is 21.6. The smallest absolute Gasteiger partial charge is 0.408 e. The van der Waals surface area contributed by atoms with Crippen LogP contribution in [0.25, 0.3) is 11.1 Å². The number of nitrogens with zero attached hydrogens (tertiary/aromatic N) is 3. The zero-order valence-corrected chi connectivity index (χ0v) is 17.8. The largest absolute Gasteiger partial charge is 0.420 e. The first kappa shape index (κ1) is 20.0. The number of aromatic nitrogens is 1. The summed E-state index contributed by atoms with van der Waals surface area (Å²) in [6.45, 7) is 1.42. The second kappa shape index (κ2) is 7.65. The molecular weight excluding hydrogens is 418 g/mol. The lowest BCUT2D eigenvalue weighted by molar-refractivity contribution is -0.119. The summed E-state index contributed by atoms with van der Waals surface area (Å²) in [5, 5.41) is 0. The second-order valence-electron chi connectivity index (χ2n) is 7.97. The van der Waals surface area contributed by atoms with Crippen molar-refractivity contribution >= 4 is 32.7 Å². The van der Waals surface area contributed by atoms with E-state index in [0.29, 0.717) is 25.2 Å². The number of benzene rings is 2. The maximum Gasteiger partial charge on any atom is 0.420 e. The number of rotatable bonds is 4. The fraction of sp³-hybridized carbons (Fsp3) is 0.364. The van der Waals surface area contributed by atoms with E-state index in [1.807, 2.05) is 24.3 Å². The molecule has 0 radical (unpaired) electrons. The molecule has 0 N–H and O–H groups in total. The molecule has 2 aliphatic heterocycles. The van der Waals surface area contributed by atoms with Gasteiger partial charge in [0.1, 0.15) is 6.54 Å². The van der Waals surface area contributed by atoms with Crippen LogP contribution in [0.1, 0.15) is 24.8 Å². The Hall–Kier alpha value is -2.91. The minimum atomic E-state index is -3.62. The van der Waals surface area contributed by atoms with Gasteiger partial charge in [0.15, 0.2) is 5.58 Å². The minimum absolute atomic E-state index is 0.0964. The Kier molecular flexibility index (Phi) is 4.94. The van der Waals surface area contributed by atoms with Crippen LogP contribution in [0, 0.1) is 0 Å². The summed E-state index contributed by atoms with van der Waals surface area (Å²) in [7, 11) is -3.62. The Morgan fingerprint density at radius 2 is 1.77 bits per heavy atom. The van der Waals surface area contributed by atoms with E-state index >= 15 is 0 Å². The normalized spacial score (nSPS) is 17.2. The number of aryl methyl sites for hydroxylation is 1. The van der Waals surface area contributed by atoms with Gasteiger partial charge in [-0.15, -0.1) is 0 Å². The summed E-state index contributed by atoms with van der Waals surface area (Å²) < 4.78 is 33.6. The molecule has 2 aliphatic rings. The van der Waals surface area contributed by atoms with E-state index in [1.165, 1.54) is 21.0 Å². The van der Waals surface area contributed by atoms with E-state index in [2.05, 4.69) is 0 Å². The zero-order valence-electron chi connectivity index (χ0n) is 17.0. The average molecular weight is 442 g/mol. The highest BCUT2D eigenvalue weighted by molar-refractivity contribution is 7.89. The van der Waals surface area contributed by atoms with Gasteiger partial charge in [0.05, 0.1) is 10.4 Å². The number of sulfonamides is 1. The van der Waals surface area contributed by atoms with Crippen LogP contribution in [-0.2, 0) is 27.8 Å². The lowest BCUT2D eigenvalue weighted by atomic mass is 10.0. The van der Waals surface area contributed by atoms with Gasteiger partial charge in [-0.3, -0.25) is 9.36 Å². The van der Waals surface area contributed by atoms with Crippen LogP contribution in [-0.4, -0.2) is 42.8 Å². The molecule has 0 unspecified atom stereocenters. The summed E-state index contributed by atoms with van der Waals surface area (Å²) in [5.74, 6) is -0.880. The Labute approximate surface area is 179 Å². The molecule has 0 atom stereocenters. The van der Waals surface area contributed by atoms with Crippen LogP contribution < -0.4 is 10.7 Å². The molecule has 0 spiro atoms. The van der Waals surface area contributed by atoms with Crippen molar-refractivity contribution in [2.75, 3.05) is 24.5 Å². The van der Waals surface area contributed by atoms with E-state index in [9.17, 15) is 18.0 Å². The van der Waals surface area contributed by atoms with Gasteiger partial charge < -0.3 is 9.32 Å². The number of carbonyl (C=O) groups excluding carboxylic acids is 1. The van der Waals surface area contributed by atoms with Gasteiger partial charge in [-0.25, -0.2) is 13.2 Å². The molecule has 0 bridgehead atoms. The summed E-state index contributed by atoms with van der Waals surface area (Å²) in [6, 6.07) is 12.2. The van der Waals surface area contributed by atoms with Gasteiger partial charge in [0, 0.05) is 31.4 Å². The van der Waals surface area contributed by atoms with Gasteiger partial charge in [0.2, 0.25) is 15.9 Å². The molecule has 2 aromatic carbocycles. The third-order valence-electron chi connectivity index (χ3n) is 6.05. The van der Waals surface area contributed by atoms with Crippen LogP contribution >= 0.6 is 0 Å². The highest BCUT2D eigenvalue weighted by atomic mass is 32.2. The van der Waals surface area contributed by atoms with Gasteiger partial charge in [-0.05, 0) is 49.4 Å². The molecule has 1 saturated heterocycles. The summed E-state index contributed by atoms with van der Waals surface area (Å²) in [5.41, 5.74) is 2.56. The predicted molar refractivity (Wildman–Crippen MR) is 116 cm³/mol. The van der Waals surface area contributed by atoms with Gasteiger partial charge in [-0.2, -0.15) is 4.31 Å². The van der Waals surface area contributed by atoms with Gasteiger partial charge >= 0.3 is 5.76 Å². The SMILES string of the molecule is O=C(Cn1c(=O)oc2cc(S(=O)(=O)N3CCCC3)ccc21)N1CCCc2ccccc21. The molecule has 0 saturated carbocycles. The predicted octanol–water partition coefficient (Wildman–Crippen LogP) is 2.36. The van der Waals surface area contributed by atoms with Crippen LogP contribution in [0.15, 0.2) is 56.6 Å². The van der Waals surface area contributed by atoms with Crippen molar-refractivity contribution in [1.29, 1.82) is 0 Å². The van der Waals surface area contributed by atoms with Crippen LogP contribution in [0.5, 0.6) is 0 Å². The van der Waals surface area contributed by atoms with Crippen molar-refractivity contribution in [3.63, 3.8) is 0 Å². The Morgan fingerprint density at radius 3 is 2.58 bits per heavy atom. The molecule has 1 amide bonds. The van der Waals surface area contributed by atoms with Gasteiger partial charge in [0.25, 0.3) is 0 Å². The number of carbonyl (C=O) groups is 1. The first-order chi connectivity index (χ1) is 14.9. The minimum Gasteiger partial charge on any atom is -0.408 e. The first-order valence-corrected chi connectivity index (χ1v) is 11.9. The monoisotopic (exact) mass is 441 g/mol. The Morgan fingerprint density at radius 1 is 1.00 bits per heavy atom. The van der Waals surface area contributed by atoms with Crippen LogP contribution in [0.2, 0.25) is 0 Å². The van der Waals surface area contributed by atoms with Gasteiger partial charge in [-0.1, -0.05) is 18.2 Å². The Balaban J connectivity index is 1.46. The number of fused-ring (bicyclic) bond motifs is 2. The molecule has 3 aromatic rings. The highest BCUT2D eigenvalue weighted by Gasteiger charge is 2.29. The molecule has 0 aliphatic carbocycles. The number of hydrogen-bond acceptors (Lipinski definition) is 5. The summed E-state index contributed by atoms with van der Waals surface area (Å²) in [6.07, 6.45) is 3.47. The quantitative estimate of drug-likeness (QED) is 0.620. The molecule has 1 aromatic heterocycles. The van der Waals surface area contributed by atoms with Crippen molar-refractivity contribution in [3.8, 4) is 0 Å². The van der Waals surface area contributed by atoms with E-state index in [-0.39, 0.29) is 22.9 Å². The lowest BCUT2D eigenvalue weighted by Gasteiger charge is -2.29. The van der Waals surface area contributed by atoms with Crippen molar-refractivity contribution in [3.05, 3.63) is 58.6 Å². The number of oxazole rings is 1. The van der Waals surface area contributed by atoms with Crippen molar-refractivity contribution in [2.45, 2.75) is 37.1 Å². The number of para-hydroxylation sites is 1. The molecule has 162 valence electrons. The molecule has 3 heterocycles. The lowest BCUT2D eigenvalue weighted by Crippen LogP contribution is -2.39. The van der Waals surface area contributed by atoms with Crippen LogP contribution in [0.4, 0.5) is 5.69 Å².